The summed E-state index contributed by atoms with van der Waals surface area (Å²) in [5.41, 5.74) is 1.57. The molecule has 0 aliphatic rings. The molecule has 2 unspecified atom stereocenters. The molecule has 0 saturated heterocycles. The van der Waals surface area contributed by atoms with Crippen LogP contribution in [0.1, 0.15) is 17.2 Å². The molecule has 0 fully saturated rings. The van der Waals surface area contributed by atoms with E-state index in [0.717, 1.165) is 17.4 Å². The van der Waals surface area contributed by atoms with E-state index >= 15 is 0 Å². The maximum Gasteiger partial charge on any atom is 0.156 e. The number of ether oxygens (including phenoxy) is 1. The number of aliphatic hydroxyl groups excluding tert-OH is 1. The highest BCUT2D eigenvalue weighted by molar-refractivity contribution is 5.50. The van der Waals surface area contributed by atoms with Crippen molar-refractivity contribution in [2.75, 3.05) is 13.6 Å². The molecule has 22 heavy (non-hydrogen) atoms. The summed E-state index contributed by atoms with van der Waals surface area (Å²) in [5.74, 6) is 0.559. The molecule has 0 saturated carbocycles. The Bertz CT molecular complexity index is 601. The number of alkyl halides is 1. The van der Waals surface area contributed by atoms with E-state index in [1.807, 2.05) is 36.4 Å². The van der Waals surface area contributed by atoms with Gasteiger partial charge in [0.05, 0.1) is 6.26 Å². The fraction of sp³-hybridized carbons (Fsp3) is 0.222. The molecule has 0 bridgehead atoms. The van der Waals surface area contributed by atoms with Crippen LogP contribution in [0.25, 0.3) is 6.08 Å². The van der Waals surface area contributed by atoms with Gasteiger partial charge in [-0.2, -0.15) is 0 Å². The van der Waals surface area contributed by atoms with E-state index in [2.05, 4.69) is 5.32 Å². The third-order valence-electron chi connectivity index (χ3n) is 3.24. The summed E-state index contributed by atoms with van der Waals surface area (Å²) < 4.78 is 20.3. The predicted molar refractivity (Wildman–Crippen MR) is 86.7 cm³/mol. The molecule has 0 heterocycles. The molecule has 0 amide bonds. The van der Waals surface area contributed by atoms with E-state index < -0.39 is 12.3 Å². The quantitative estimate of drug-likeness (QED) is 0.762. The number of aliphatic hydroxyl groups is 1. The Morgan fingerprint density at radius 2 is 1.95 bits per heavy atom. The Balaban J connectivity index is 2.24. The van der Waals surface area contributed by atoms with Crippen LogP contribution in [-0.2, 0) is 0 Å². The smallest absolute Gasteiger partial charge is 0.156 e. The Kier molecular flexibility index (Phi) is 5.98. The lowest BCUT2D eigenvalue weighted by atomic mass is 10.0. The first-order valence-corrected chi connectivity index (χ1v) is 7.15. The van der Waals surface area contributed by atoms with E-state index in [4.69, 9.17) is 9.84 Å². The highest BCUT2D eigenvalue weighted by atomic mass is 19.1. The molecular weight excluding hydrogens is 281 g/mol. The van der Waals surface area contributed by atoms with Gasteiger partial charge in [0.15, 0.2) is 12.3 Å². The molecule has 0 radical (unpaired) electrons. The molecule has 0 aliphatic carbocycles. The normalized spacial score (nSPS) is 13.9. The van der Waals surface area contributed by atoms with Gasteiger partial charge in [0.1, 0.15) is 5.75 Å². The molecule has 2 rings (SSSR count). The van der Waals surface area contributed by atoms with Crippen molar-refractivity contribution in [3.63, 3.8) is 0 Å². The van der Waals surface area contributed by atoms with E-state index in [1.165, 1.54) is 0 Å². The van der Waals surface area contributed by atoms with Gasteiger partial charge in [0.25, 0.3) is 0 Å². The zero-order valence-corrected chi connectivity index (χ0v) is 12.4. The first-order valence-electron chi connectivity index (χ1n) is 7.15. The van der Waals surface area contributed by atoms with Crippen LogP contribution in [0.15, 0.2) is 60.9 Å². The second-order valence-electron chi connectivity index (χ2n) is 4.91. The Morgan fingerprint density at radius 1 is 1.18 bits per heavy atom. The minimum Gasteiger partial charge on any atom is -0.516 e. The average molecular weight is 301 g/mol. The summed E-state index contributed by atoms with van der Waals surface area (Å²) in [6.45, 7) is 0.204. The summed E-state index contributed by atoms with van der Waals surface area (Å²) >= 11 is 0. The van der Waals surface area contributed by atoms with Crippen molar-refractivity contribution in [3.8, 4) is 5.75 Å². The van der Waals surface area contributed by atoms with Gasteiger partial charge in [-0.1, -0.05) is 42.5 Å². The molecule has 0 aromatic heterocycles. The summed E-state index contributed by atoms with van der Waals surface area (Å²) in [6.07, 6.45) is 0.643. The van der Waals surface area contributed by atoms with Gasteiger partial charge in [0.2, 0.25) is 0 Å². The summed E-state index contributed by atoms with van der Waals surface area (Å²) in [7, 11) is 1.71. The fourth-order valence-corrected chi connectivity index (χ4v) is 2.22. The molecule has 0 aliphatic heterocycles. The predicted octanol–water partition coefficient (Wildman–Crippen LogP) is 3.89. The van der Waals surface area contributed by atoms with E-state index in [1.54, 1.807) is 31.3 Å². The van der Waals surface area contributed by atoms with Crippen LogP contribution in [0.4, 0.5) is 4.39 Å². The van der Waals surface area contributed by atoms with Gasteiger partial charge < -0.3 is 15.2 Å². The highest BCUT2D eigenvalue weighted by Crippen LogP contribution is 2.27. The van der Waals surface area contributed by atoms with Crippen molar-refractivity contribution in [1.82, 2.24) is 5.32 Å². The van der Waals surface area contributed by atoms with E-state index in [0.29, 0.717) is 5.75 Å². The molecule has 2 aromatic carbocycles. The van der Waals surface area contributed by atoms with Crippen LogP contribution in [0, 0.1) is 0 Å². The maximum atomic E-state index is 14.4. The van der Waals surface area contributed by atoms with Gasteiger partial charge in [-0.3, -0.25) is 0 Å². The molecule has 4 heteroatoms. The molecule has 0 spiro atoms. The van der Waals surface area contributed by atoms with Crippen molar-refractivity contribution in [1.29, 1.82) is 0 Å². The van der Waals surface area contributed by atoms with Crippen molar-refractivity contribution < 1.29 is 14.2 Å². The van der Waals surface area contributed by atoms with Crippen LogP contribution in [-0.4, -0.2) is 24.9 Å². The first kappa shape index (κ1) is 16.0. The number of halogens is 1. The van der Waals surface area contributed by atoms with Crippen LogP contribution in [0.5, 0.6) is 5.75 Å². The van der Waals surface area contributed by atoms with Gasteiger partial charge in [-0.05, 0) is 36.4 Å². The second kappa shape index (κ2) is 8.20. The van der Waals surface area contributed by atoms with Crippen molar-refractivity contribution in [2.24, 2.45) is 0 Å². The van der Waals surface area contributed by atoms with Gasteiger partial charge in [-0.15, -0.1) is 0 Å². The van der Waals surface area contributed by atoms with E-state index in [-0.39, 0.29) is 6.54 Å². The first-order chi connectivity index (χ1) is 10.7. The summed E-state index contributed by atoms with van der Waals surface area (Å²) in [5, 5.41) is 11.7. The molecule has 2 atom stereocenters. The molecule has 2 aromatic rings. The largest absolute Gasteiger partial charge is 0.516 e. The number of hydrogen-bond acceptors (Lipinski definition) is 3. The number of rotatable bonds is 7. The molecular formula is C18H20FNO2. The van der Waals surface area contributed by atoms with Gasteiger partial charge in [0, 0.05) is 6.54 Å². The Morgan fingerprint density at radius 3 is 2.64 bits per heavy atom. The van der Waals surface area contributed by atoms with Crippen LogP contribution in [0.3, 0.4) is 0 Å². The van der Waals surface area contributed by atoms with Crippen LogP contribution in [0.2, 0.25) is 0 Å². The molecule has 3 nitrogen and oxygen atoms in total. The van der Waals surface area contributed by atoms with Crippen molar-refractivity contribution in [2.45, 2.75) is 12.3 Å². The standard InChI is InChI=1S/C18H20FNO2/c1-20-13-17(19)18(15-7-3-2-4-8-15)22-16-9-5-6-14(12-16)10-11-21/h2-12,17-18,20-21H,13H2,1H3/b11-10-. The fourth-order valence-electron chi connectivity index (χ4n) is 2.22. The lowest BCUT2D eigenvalue weighted by Crippen LogP contribution is -2.29. The lowest BCUT2D eigenvalue weighted by molar-refractivity contribution is 0.100. The second-order valence-corrected chi connectivity index (χ2v) is 4.91. The van der Waals surface area contributed by atoms with Crippen LogP contribution < -0.4 is 10.1 Å². The summed E-state index contributed by atoms with van der Waals surface area (Å²) in [4.78, 5) is 0. The minimum absolute atomic E-state index is 0.204. The third kappa shape index (κ3) is 4.33. The number of nitrogens with one attached hydrogen (secondary N) is 1. The van der Waals surface area contributed by atoms with Gasteiger partial charge >= 0.3 is 0 Å². The van der Waals surface area contributed by atoms with Crippen molar-refractivity contribution in [3.05, 3.63) is 72.0 Å². The SMILES string of the molecule is CNCC(F)C(Oc1cccc(/C=C\O)c1)c1ccccc1. The molecule has 2 N–H and O–H groups in total. The zero-order chi connectivity index (χ0) is 15.8. The van der Waals surface area contributed by atoms with E-state index in [9.17, 15) is 4.39 Å². The zero-order valence-electron chi connectivity index (χ0n) is 12.4. The highest BCUT2D eigenvalue weighted by Gasteiger charge is 2.24. The van der Waals surface area contributed by atoms with Gasteiger partial charge in [-0.25, -0.2) is 4.39 Å². The Labute approximate surface area is 130 Å². The average Bonchev–Trinajstić information content (AvgIpc) is 2.54. The maximum absolute atomic E-state index is 14.4. The lowest BCUT2D eigenvalue weighted by Gasteiger charge is -2.23. The summed E-state index contributed by atoms with van der Waals surface area (Å²) in [6, 6.07) is 16.5. The number of hydrogen-bond donors (Lipinski definition) is 2. The topological polar surface area (TPSA) is 41.5 Å². The molecule has 116 valence electrons. The third-order valence-corrected chi connectivity index (χ3v) is 3.24. The minimum atomic E-state index is -1.18. The number of benzene rings is 2. The van der Waals surface area contributed by atoms with Crippen molar-refractivity contribution >= 4 is 6.08 Å². The Hall–Kier alpha value is -2.33. The van der Waals surface area contributed by atoms with Crippen LogP contribution >= 0.6 is 0 Å². The monoisotopic (exact) mass is 301 g/mol.